The summed E-state index contributed by atoms with van der Waals surface area (Å²) in [5.41, 5.74) is 6.06. The molecule has 0 radical (unpaired) electrons. The third-order valence-electron chi connectivity index (χ3n) is 2.74. The van der Waals surface area contributed by atoms with Gasteiger partial charge in [0.1, 0.15) is 10.7 Å². The van der Waals surface area contributed by atoms with Gasteiger partial charge in [-0.25, -0.2) is 22.5 Å². The molecule has 1 aromatic carbocycles. The summed E-state index contributed by atoms with van der Waals surface area (Å²) in [6.07, 6.45) is 1.51. The summed E-state index contributed by atoms with van der Waals surface area (Å²) in [4.78, 5) is 3.76. The van der Waals surface area contributed by atoms with E-state index in [1.165, 1.54) is 13.3 Å². The van der Waals surface area contributed by atoms with Gasteiger partial charge < -0.3 is 10.5 Å². The predicted octanol–water partition coefficient (Wildman–Crippen LogP) is 1.29. The van der Waals surface area contributed by atoms with Crippen LogP contribution in [0.25, 0.3) is 0 Å². The number of ether oxygens (including phenoxy) is 1. The maximum absolute atomic E-state index is 13.0. The number of nitrogen functional groups attached to an aromatic ring is 1. The van der Waals surface area contributed by atoms with E-state index in [9.17, 15) is 12.8 Å². The molecular formula is C13H14FN3O3S. The van der Waals surface area contributed by atoms with Crippen LogP contribution in [-0.2, 0) is 16.6 Å². The summed E-state index contributed by atoms with van der Waals surface area (Å²) in [5, 5.41) is 0. The Bertz CT molecular complexity index is 750. The van der Waals surface area contributed by atoms with Gasteiger partial charge in [-0.15, -0.1) is 0 Å². The van der Waals surface area contributed by atoms with Crippen molar-refractivity contribution in [3.05, 3.63) is 47.9 Å². The van der Waals surface area contributed by atoms with Gasteiger partial charge in [0.25, 0.3) is 0 Å². The number of aromatic nitrogens is 1. The number of nitrogens with one attached hydrogen (secondary N) is 1. The van der Waals surface area contributed by atoms with Crippen LogP contribution in [-0.4, -0.2) is 20.5 Å². The maximum Gasteiger partial charge on any atom is 0.242 e. The lowest BCUT2D eigenvalue weighted by atomic mass is 10.3. The maximum atomic E-state index is 13.0. The molecule has 2 aromatic rings. The molecule has 21 heavy (non-hydrogen) atoms. The van der Waals surface area contributed by atoms with Gasteiger partial charge in [0.2, 0.25) is 15.9 Å². The van der Waals surface area contributed by atoms with Crippen LogP contribution >= 0.6 is 0 Å². The van der Waals surface area contributed by atoms with Crippen LogP contribution in [0.15, 0.2) is 41.4 Å². The number of nitrogens with zero attached hydrogens (tertiary/aromatic N) is 1. The fourth-order valence-corrected chi connectivity index (χ4v) is 2.82. The van der Waals surface area contributed by atoms with Crippen molar-refractivity contribution >= 4 is 15.7 Å². The minimum absolute atomic E-state index is 0.0397. The Kier molecular flexibility index (Phi) is 4.39. The fraction of sp³-hybridized carbons (Fsp3) is 0.154. The molecule has 0 amide bonds. The van der Waals surface area contributed by atoms with Crippen molar-refractivity contribution in [3.63, 3.8) is 0 Å². The van der Waals surface area contributed by atoms with Gasteiger partial charge in [-0.3, -0.25) is 0 Å². The van der Waals surface area contributed by atoms with Crippen molar-refractivity contribution < 1.29 is 17.5 Å². The molecule has 6 nitrogen and oxygen atoms in total. The Morgan fingerprint density at radius 3 is 2.76 bits per heavy atom. The molecule has 0 aliphatic heterocycles. The Hall–Kier alpha value is -2.19. The average Bonchev–Trinajstić information content (AvgIpc) is 2.45. The molecule has 0 bridgehead atoms. The summed E-state index contributed by atoms with van der Waals surface area (Å²) in [5.74, 6) is -0.210. The highest BCUT2D eigenvalue weighted by Gasteiger charge is 2.17. The molecular weight excluding hydrogens is 297 g/mol. The molecule has 0 saturated heterocycles. The van der Waals surface area contributed by atoms with E-state index in [1.54, 1.807) is 12.1 Å². The zero-order chi connectivity index (χ0) is 15.5. The molecule has 0 saturated carbocycles. The molecule has 3 N–H and O–H groups in total. The second-order valence-corrected chi connectivity index (χ2v) is 5.95. The van der Waals surface area contributed by atoms with E-state index in [2.05, 4.69) is 9.71 Å². The molecule has 0 aliphatic rings. The summed E-state index contributed by atoms with van der Waals surface area (Å²) in [6, 6.07) is 6.39. The number of hydrogen-bond acceptors (Lipinski definition) is 5. The molecule has 1 aromatic heterocycles. The molecule has 0 atom stereocenters. The molecule has 1 heterocycles. The second-order valence-electron chi connectivity index (χ2n) is 4.21. The first-order valence-electron chi connectivity index (χ1n) is 5.96. The van der Waals surface area contributed by atoms with Crippen LogP contribution in [0.1, 0.15) is 5.56 Å². The number of methoxy groups -OCH3 is 1. The lowest BCUT2D eigenvalue weighted by Gasteiger charge is -2.09. The van der Waals surface area contributed by atoms with Gasteiger partial charge in [-0.2, -0.15) is 0 Å². The minimum Gasteiger partial charge on any atom is -0.481 e. The smallest absolute Gasteiger partial charge is 0.242 e. The number of nitrogens with two attached hydrogens (primary N) is 1. The molecule has 112 valence electrons. The van der Waals surface area contributed by atoms with E-state index in [0.717, 1.165) is 18.2 Å². The van der Waals surface area contributed by atoms with Crippen molar-refractivity contribution in [2.24, 2.45) is 0 Å². The number of halogens is 1. The monoisotopic (exact) mass is 311 g/mol. The molecule has 0 spiro atoms. The van der Waals surface area contributed by atoms with E-state index in [0.29, 0.717) is 11.4 Å². The van der Waals surface area contributed by atoms with Crippen LogP contribution in [0, 0.1) is 5.82 Å². The summed E-state index contributed by atoms with van der Waals surface area (Å²) >= 11 is 0. The lowest BCUT2D eigenvalue weighted by molar-refractivity contribution is 0.397. The van der Waals surface area contributed by atoms with Crippen LogP contribution < -0.4 is 15.2 Å². The van der Waals surface area contributed by atoms with Crippen molar-refractivity contribution in [2.45, 2.75) is 11.4 Å². The average molecular weight is 311 g/mol. The number of sulfonamides is 1. The van der Waals surface area contributed by atoms with Crippen molar-refractivity contribution in [1.29, 1.82) is 0 Å². The highest BCUT2D eigenvalue weighted by Crippen LogP contribution is 2.19. The Morgan fingerprint density at radius 1 is 1.33 bits per heavy atom. The number of benzene rings is 1. The van der Waals surface area contributed by atoms with E-state index in [-0.39, 0.29) is 17.1 Å². The zero-order valence-electron chi connectivity index (χ0n) is 11.2. The molecule has 8 heteroatoms. The summed E-state index contributed by atoms with van der Waals surface area (Å²) in [7, 11) is -2.36. The third-order valence-corrected chi connectivity index (χ3v) is 4.21. The SMILES string of the molecule is COc1cc(CNS(=O)(=O)c2ccc(F)cc2N)ccn1. The van der Waals surface area contributed by atoms with Crippen molar-refractivity contribution in [3.8, 4) is 5.88 Å². The summed E-state index contributed by atoms with van der Waals surface area (Å²) in [6.45, 7) is 0.0397. The second kappa shape index (κ2) is 6.06. The van der Waals surface area contributed by atoms with E-state index < -0.39 is 15.8 Å². The molecule has 0 aliphatic carbocycles. The highest BCUT2D eigenvalue weighted by atomic mass is 32.2. The van der Waals surface area contributed by atoms with Crippen LogP contribution in [0.3, 0.4) is 0 Å². The van der Waals surface area contributed by atoms with Gasteiger partial charge in [0, 0.05) is 18.8 Å². The van der Waals surface area contributed by atoms with Gasteiger partial charge in [0.05, 0.1) is 12.8 Å². The molecule has 2 rings (SSSR count). The number of hydrogen-bond donors (Lipinski definition) is 2. The molecule has 0 fully saturated rings. The number of rotatable bonds is 5. The zero-order valence-corrected chi connectivity index (χ0v) is 12.0. The number of pyridine rings is 1. The van der Waals surface area contributed by atoms with Gasteiger partial charge in [-0.05, 0) is 29.8 Å². The predicted molar refractivity (Wildman–Crippen MR) is 75.6 cm³/mol. The van der Waals surface area contributed by atoms with Crippen LogP contribution in [0.4, 0.5) is 10.1 Å². The lowest BCUT2D eigenvalue weighted by Crippen LogP contribution is -2.24. The van der Waals surface area contributed by atoms with Crippen LogP contribution in [0.5, 0.6) is 5.88 Å². The largest absolute Gasteiger partial charge is 0.481 e. The van der Waals surface area contributed by atoms with E-state index >= 15 is 0 Å². The summed E-state index contributed by atoms with van der Waals surface area (Å²) < 4.78 is 44.6. The van der Waals surface area contributed by atoms with Crippen molar-refractivity contribution in [1.82, 2.24) is 9.71 Å². The third kappa shape index (κ3) is 3.67. The topological polar surface area (TPSA) is 94.3 Å². The quantitative estimate of drug-likeness (QED) is 0.811. The van der Waals surface area contributed by atoms with Gasteiger partial charge in [0.15, 0.2) is 0 Å². The first-order valence-corrected chi connectivity index (χ1v) is 7.44. The van der Waals surface area contributed by atoms with Crippen molar-refractivity contribution in [2.75, 3.05) is 12.8 Å². The van der Waals surface area contributed by atoms with Gasteiger partial charge in [-0.1, -0.05) is 0 Å². The Balaban J connectivity index is 2.17. The highest BCUT2D eigenvalue weighted by molar-refractivity contribution is 7.89. The van der Waals surface area contributed by atoms with E-state index in [1.807, 2.05) is 0 Å². The van der Waals surface area contributed by atoms with E-state index in [4.69, 9.17) is 10.5 Å². The number of anilines is 1. The fourth-order valence-electron chi connectivity index (χ4n) is 1.69. The van der Waals surface area contributed by atoms with Crippen LogP contribution in [0.2, 0.25) is 0 Å². The first kappa shape index (κ1) is 15.2. The standard InChI is InChI=1S/C13H14FN3O3S/c1-20-13-6-9(4-5-16-13)8-17-21(18,19)12-3-2-10(14)7-11(12)15/h2-7,17H,8,15H2,1H3. The Morgan fingerprint density at radius 2 is 2.10 bits per heavy atom. The first-order chi connectivity index (χ1) is 9.92. The Labute approximate surface area is 121 Å². The molecule has 0 unspecified atom stereocenters. The normalized spacial score (nSPS) is 11.3. The van der Waals surface area contributed by atoms with Gasteiger partial charge >= 0.3 is 0 Å². The minimum atomic E-state index is -3.83.